The third-order valence-corrected chi connectivity index (χ3v) is 4.91. The SMILES string of the molecule is CCOc1cc(/C=C2\SC(=O)N(c3ccc(Cl)cc3)C2=O)ccc1OCC(=O)[O-]. The first-order valence-corrected chi connectivity index (χ1v) is 9.71. The number of amides is 2. The van der Waals surface area contributed by atoms with Crippen molar-refractivity contribution in [3.05, 3.63) is 58.0 Å². The second-order valence-corrected chi connectivity index (χ2v) is 7.22. The van der Waals surface area contributed by atoms with Gasteiger partial charge in [-0.1, -0.05) is 17.7 Å². The van der Waals surface area contributed by atoms with Crippen LogP contribution in [0.4, 0.5) is 10.5 Å². The molecule has 0 aromatic heterocycles. The van der Waals surface area contributed by atoms with Crippen molar-refractivity contribution in [2.24, 2.45) is 0 Å². The summed E-state index contributed by atoms with van der Waals surface area (Å²) in [5.41, 5.74) is 1.03. The molecule has 0 spiro atoms. The van der Waals surface area contributed by atoms with Crippen molar-refractivity contribution in [1.29, 1.82) is 0 Å². The number of benzene rings is 2. The van der Waals surface area contributed by atoms with Gasteiger partial charge in [-0.2, -0.15) is 0 Å². The number of halogens is 1. The van der Waals surface area contributed by atoms with Crippen molar-refractivity contribution in [3.8, 4) is 11.5 Å². The van der Waals surface area contributed by atoms with Crippen LogP contribution in [0.2, 0.25) is 5.02 Å². The molecule has 0 bridgehead atoms. The van der Waals surface area contributed by atoms with Crippen LogP contribution < -0.4 is 19.5 Å². The van der Waals surface area contributed by atoms with Gasteiger partial charge in [0.2, 0.25) is 0 Å². The van der Waals surface area contributed by atoms with E-state index in [0.29, 0.717) is 28.6 Å². The lowest BCUT2D eigenvalue weighted by molar-refractivity contribution is -0.307. The molecule has 29 heavy (non-hydrogen) atoms. The fraction of sp³-hybridized carbons (Fsp3) is 0.150. The normalized spacial score (nSPS) is 15.1. The van der Waals surface area contributed by atoms with Crippen LogP contribution >= 0.6 is 23.4 Å². The van der Waals surface area contributed by atoms with Crippen molar-refractivity contribution in [1.82, 2.24) is 0 Å². The van der Waals surface area contributed by atoms with Gasteiger partial charge in [0.1, 0.15) is 6.61 Å². The summed E-state index contributed by atoms with van der Waals surface area (Å²) < 4.78 is 10.6. The van der Waals surface area contributed by atoms with E-state index in [1.807, 2.05) is 0 Å². The minimum absolute atomic E-state index is 0.238. The Hall–Kier alpha value is -2.97. The minimum atomic E-state index is -1.35. The molecule has 1 fully saturated rings. The standard InChI is InChI=1S/C20H16ClNO6S/c1-2-27-16-9-12(3-8-15(16)28-11-18(23)24)10-17-19(25)22(20(26)29-17)14-6-4-13(21)5-7-14/h3-10H,2,11H2,1H3,(H,23,24)/p-1/b17-10-. The van der Waals surface area contributed by atoms with Crippen LogP contribution in [0.15, 0.2) is 47.4 Å². The Morgan fingerprint density at radius 3 is 2.52 bits per heavy atom. The molecule has 2 aromatic rings. The van der Waals surface area contributed by atoms with Crippen LogP contribution in [0, 0.1) is 0 Å². The summed E-state index contributed by atoms with van der Waals surface area (Å²) >= 11 is 6.68. The lowest BCUT2D eigenvalue weighted by Crippen LogP contribution is -2.29. The minimum Gasteiger partial charge on any atom is -0.546 e. The van der Waals surface area contributed by atoms with E-state index < -0.39 is 23.7 Å². The molecule has 0 unspecified atom stereocenters. The maximum Gasteiger partial charge on any atom is 0.298 e. The highest BCUT2D eigenvalue weighted by Gasteiger charge is 2.36. The van der Waals surface area contributed by atoms with E-state index in [0.717, 1.165) is 16.7 Å². The maximum atomic E-state index is 12.7. The first kappa shape index (κ1) is 20.8. The van der Waals surface area contributed by atoms with Crippen molar-refractivity contribution in [3.63, 3.8) is 0 Å². The Labute approximate surface area is 175 Å². The van der Waals surface area contributed by atoms with Gasteiger partial charge in [0.05, 0.1) is 23.2 Å². The fourth-order valence-electron chi connectivity index (χ4n) is 2.57. The summed E-state index contributed by atoms with van der Waals surface area (Å²) in [6.45, 7) is 1.49. The van der Waals surface area contributed by atoms with E-state index in [1.165, 1.54) is 6.07 Å². The molecule has 7 nitrogen and oxygen atoms in total. The smallest absolute Gasteiger partial charge is 0.298 e. The second kappa shape index (κ2) is 9.02. The largest absolute Gasteiger partial charge is 0.546 e. The number of aliphatic carboxylic acids is 1. The summed E-state index contributed by atoms with van der Waals surface area (Å²) in [5, 5.41) is 10.7. The van der Waals surface area contributed by atoms with Gasteiger partial charge in [-0.3, -0.25) is 9.59 Å². The average molecular weight is 433 g/mol. The van der Waals surface area contributed by atoms with Gasteiger partial charge in [0.25, 0.3) is 11.1 Å². The van der Waals surface area contributed by atoms with Crippen molar-refractivity contribution in [2.75, 3.05) is 18.1 Å². The molecule has 1 aliphatic heterocycles. The zero-order valence-electron chi connectivity index (χ0n) is 15.2. The van der Waals surface area contributed by atoms with E-state index in [1.54, 1.807) is 49.4 Å². The number of ether oxygens (including phenoxy) is 2. The molecule has 3 rings (SSSR count). The number of thioether (sulfide) groups is 1. The summed E-state index contributed by atoms with van der Waals surface area (Å²) in [5.74, 6) is -1.24. The average Bonchev–Trinajstić information content (AvgIpc) is 2.95. The quantitative estimate of drug-likeness (QED) is 0.620. The molecule has 1 aliphatic rings. The van der Waals surface area contributed by atoms with Crippen molar-refractivity contribution in [2.45, 2.75) is 6.92 Å². The van der Waals surface area contributed by atoms with E-state index in [-0.39, 0.29) is 10.7 Å². The lowest BCUT2D eigenvalue weighted by atomic mass is 10.1. The monoisotopic (exact) mass is 432 g/mol. The van der Waals surface area contributed by atoms with Gasteiger partial charge in [-0.25, -0.2) is 4.90 Å². The highest BCUT2D eigenvalue weighted by Crippen LogP contribution is 2.37. The number of carboxylic acids is 1. The molecular formula is C20H15ClNO6S-. The Morgan fingerprint density at radius 1 is 1.14 bits per heavy atom. The number of nitrogens with zero attached hydrogens (tertiary/aromatic N) is 1. The molecule has 0 aliphatic carbocycles. The number of carboxylic acid groups (broad SMARTS) is 1. The lowest BCUT2D eigenvalue weighted by Gasteiger charge is -2.13. The van der Waals surface area contributed by atoms with Crippen molar-refractivity contribution >= 4 is 52.2 Å². The molecule has 0 N–H and O–H groups in total. The van der Waals surface area contributed by atoms with E-state index in [4.69, 9.17) is 21.1 Å². The van der Waals surface area contributed by atoms with Gasteiger partial charge in [0.15, 0.2) is 11.5 Å². The molecule has 2 aromatic carbocycles. The van der Waals surface area contributed by atoms with E-state index >= 15 is 0 Å². The third-order valence-electron chi connectivity index (χ3n) is 3.79. The Bertz CT molecular complexity index is 989. The molecular weight excluding hydrogens is 418 g/mol. The predicted octanol–water partition coefficient (Wildman–Crippen LogP) is 3.11. The molecule has 150 valence electrons. The highest BCUT2D eigenvalue weighted by atomic mass is 35.5. The maximum absolute atomic E-state index is 12.7. The highest BCUT2D eigenvalue weighted by molar-refractivity contribution is 8.19. The van der Waals surface area contributed by atoms with Gasteiger partial charge in [-0.15, -0.1) is 0 Å². The van der Waals surface area contributed by atoms with Crippen LogP contribution in [0.5, 0.6) is 11.5 Å². The number of anilines is 1. The molecule has 0 saturated carbocycles. The molecule has 9 heteroatoms. The number of imide groups is 1. The number of hydrogen-bond donors (Lipinski definition) is 0. The molecule has 2 amide bonds. The van der Waals surface area contributed by atoms with Gasteiger partial charge >= 0.3 is 0 Å². The summed E-state index contributed by atoms with van der Waals surface area (Å²) in [7, 11) is 0. The summed E-state index contributed by atoms with van der Waals surface area (Å²) in [6.07, 6.45) is 1.56. The first-order chi connectivity index (χ1) is 13.9. The number of hydrogen-bond acceptors (Lipinski definition) is 7. The topological polar surface area (TPSA) is 96.0 Å². The molecule has 1 heterocycles. The number of carbonyl (C=O) groups is 3. The predicted molar refractivity (Wildman–Crippen MR) is 108 cm³/mol. The Balaban J connectivity index is 1.86. The van der Waals surface area contributed by atoms with Crippen LogP contribution in [0.1, 0.15) is 12.5 Å². The number of rotatable bonds is 7. The summed E-state index contributed by atoms with van der Waals surface area (Å²) in [4.78, 5) is 37.0. The molecule has 0 atom stereocenters. The van der Waals surface area contributed by atoms with Crippen molar-refractivity contribution < 1.29 is 29.0 Å². The van der Waals surface area contributed by atoms with Gasteiger partial charge in [0, 0.05) is 5.02 Å². The number of carbonyl (C=O) groups excluding carboxylic acids is 3. The van der Waals surface area contributed by atoms with Gasteiger partial charge < -0.3 is 19.4 Å². The zero-order chi connectivity index (χ0) is 21.0. The van der Waals surface area contributed by atoms with E-state index in [2.05, 4.69) is 0 Å². The first-order valence-electron chi connectivity index (χ1n) is 8.52. The van der Waals surface area contributed by atoms with Crippen LogP contribution in [-0.4, -0.2) is 30.3 Å². The molecule has 1 saturated heterocycles. The second-order valence-electron chi connectivity index (χ2n) is 5.79. The Morgan fingerprint density at radius 2 is 1.86 bits per heavy atom. The third kappa shape index (κ3) is 4.90. The Kier molecular flexibility index (Phi) is 6.46. The fourth-order valence-corrected chi connectivity index (χ4v) is 3.54. The summed E-state index contributed by atoms with van der Waals surface area (Å²) in [6, 6.07) is 11.2. The zero-order valence-corrected chi connectivity index (χ0v) is 16.8. The molecule has 0 radical (unpaired) electrons. The van der Waals surface area contributed by atoms with Gasteiger partial charge in [-0.05, 0) is 66.7 Å². The van der Waals surface area contributed by atoms with Crippen LogP contribution in [-0.2, 0) is 9.59 Å². The van der Waals surface area contributed by atoms with Crippen LogP contribution in [0.25, 0.3) is 6.08 Å². The van der Waals surface area contributed by atoms with E-state index in [9.17, 15) is 19.5 Å². The van der Waals surface area contributed by atoms with Crippen LogP contribution in [0.3, 0.4) is 0 Å².